The fourth-order valence-electron chi connectivity index (χ4n) is 6.68. The molecule has 0 spiro atoms. The van der Waals surface area contributed by atoms with Crippen LogP contribution < -0.4 is 0 Å². The lowest BCUT2D eigenvalue weighted by atomic mass is 9.89. The topological polar surface area (TPSA) is 60.5 Å². The first-order chi connectivity index (χ1) is 18.7. The average Bonchev–Trinajstić information content (AvgIpc) is 3.55. The molecule has 0 radical (unpaired) electrons. The minimum absolute atomic E-state index is 0.115. The van der Waals surface area contributed by atoms with Gasteiger partial charge in [-0.05, 0) is 57.0 Å². The van der Waals surface area contributed by atoms with Crippen molar-refractivity contribution in [2.75, 3.05) is 39.8 Å². The molecule has 2 aliphatic heterocycles. The van der Waals surface area contributed by atoms with Gasteiger partial charge in [0.1, 0.15) is 12.1 Å². The van der Waals surface area contributed by atoms with Crippen molar-refractivity contribution in [1.82, 2.24) is 29.7 Å². The third-order valence-corrected chi connectivity index (χ3v) is 10.1. The van der Waals surface area contributed by atoms with Crippen LogP contribution in [0.4, 0.5) is 4.39 Å². The Hall–Kier alpha value is -2.43. The first kappa shape index (κ1) is 24.6. The molecule has 3 aromatic heterocycles. The molecule has 3 aliphatic rings. The smallest absolute Gasteiger partial charge is 0.129 e. The second-order valence-corrected chi connectivity index (χ2v) is 12.2. The summed E-state index contributed by atoms with van der Waals surface area (Å²) in [6.07, 6.45) is 11.6. The summed E-state index contributed by atoms with van der Waals surface area (Å²) in [5.41, 5.74) is 2.60. The molecule has 7 nitrogen and oxygen atoms in total. The van der Waals surface area contributed by atoms with Crippen molar-refractivity contribution in [3.8, 4) is 0 Å². The van der Waals surface area contributed by atoms with Crippen LogP contribution in [0.25, 0.3) is 21.1 Å². The average molecular weight is 535 g/mol. The maximum Gasteiger partial charge on any atom is 0.129 e. The van der Waals surface area contributed by atoms with Gasteiger partial charge in [0.15, 0.2) is 0 Å². The highest BCUT2D eigenvalue weighted by Gasteiger charge is 2.38. The summed E-state index contributed by atoms with van der Waals surface area (Å²) in [7, 11) is 2.33. The number of aromatic nitrogens is 3. The van der Waals surface area contributed by atoms with Gasteiger partial charge in [-0.15, -0.1) is 11.3 Å². The zero-order valence-electron chi connectivity index (χ0n) is 21.9. The molecular weight excluding hydrogens is 499 g/mol. The van der Waals surface area contributed by atoms with E-state index in [9.17, 15) is 0 Å². The second-order valence-electron chi connectivity index (χ2n) is 11.1. The maximum atomic E-state index is 15.2. The number of hydrogen-bond donors (Lipinski definition) is 1. The lowest BCUT2D eigenvalue weighted by molar-refractivity contribution is -0.0850. The summed E-state index contributed by atoms with van der Waals surface area (Å²) >= 11 is 1.78. The van der Waals surface area contributed by atoms with Crippen molar-refractivity contribution >= 4 is 32.5 Å². The summed E-state index contributed by atoms with van der Waals surface area (Å²) in [5, 5.41) is 0.908. The number of morpholine rings is 1. The molecule has 9 heteroatoms. The van der Waals surface area contributed by atoms with Crippen molar-refractivity contribution in [3.63, 3.8) is 0 Å². The SMILES string of the molecule is CN(C1CCC1)C1CCN(C(c2cc3ncncc3s2)N2CCOC(c3c(F)ccc4[nH]ccc34)C2)CC1. The number of rotatable bonds is 6. The second kappa shape index (κ2) is 10.3. The normalized spacial score (nSPS) is 23.4. The van der Waals surface area contributed by atoms with Gasteiger partial charge in [0.25, 0.3) is 0 Å². The van der Waals surface area contributed by atoms with E-state index in [1.54, 1.807) is 29.8 Å². The molecule has 2 atom stereocenters. The molecule has 38 heavy (non-hydrogen) atoms. The third kappa shape index (κ3) is 4.44. The molecule has 200 valence electrons. The maximum absolute atomic E-state index is 15.2. The number of nitrogens with zero attached hydrogens (tertiary/aromatic N) is 5. The third-order valence-electron chi connectivity index (χ3n) is 9.03. The Balaban J connectivity index is 1.18. The Morgan fingerprint density at radius 1 is 1.11 bits per heavy atom. The summed E-state index contributed by atoms with van der Waals surface area (Å²) in [6.45, 7) is 4.14. The van der Waals surface area contributed by atoms with E-state index in [0.29, 0.717) is 24.8 Å². The number of ether oxygens (including phenoxy) is 1. The Morgan fingerprint density at radius 3 is 2.74 bits per heavy atom. The monoisotopic (exact) mass is 534 g/mol. The molecule has 7 rings (SSSR count). The number of hydrogen-bond acceptors (Lipinski definition) is 7. The summed E-state index contributed by atoms with van der Waals surface area (Å²) in [5.74, 6) is -0.197. The van der Waals surface area contributed by atoms with Crippen LogP contribution >= 0.6 is 11.3 Å². The summed E-state index contributed by atoms with van der Waals surface area (Å²) < 4.78 is 22.6. The molecule has 0 amide bonds. The minimum atomic E-state index is -0.317. The highest BCUT2D eigenvalue weighted by atomic mass is 32.1. The number of nitrogens with one attached hydrogen (secondary N) is 1. The number of fused-ring (bicyclic) bond motifs is 2. The number of halogens is 1. The first-order valence-electron chi connectivity index (χ1n) is 13.9. The quantitative estimate of drug-likeness (QED) is 0.361. The van der Waals surface area contributed by atoms with Crippen LogP contribution in [0.5, 0.6) is 0 Å². The van der Waals surface area contributed by atoms with Crippen LogP contribution in [-0.4, -0.2) is 81.6 Å². The van der Waals surface area contributed by atoms with Crippen LogP contribution in [0.2, 0.25) is 0 Å². The van der Waals surface area contributed by atoms with Gasteiger partial charge in [-0.25, -0.2) is 14.4 Å². The molecular formula is C29H35FN6OS. The number of likely N-dealkylation sites (tertiary alicyclic amines) is 1. The van der Waals surface area contributed by atoms with Crippen molar-refractivity contribution in [2.45, 2.75) is 56.5 Å². The van der Waals surface area contributed by atoms with Crippen LogP contribution in [0, 0.1) is 5.82 Å². The summed E-state index contributed by atoms with van der Waals surface area (Å²) in [4.78, 5) is 21.1. The van der Waals surface area contributed by atoms with Crippen molar-refractivity contribution in [2.24, 2.45) is 0 Å². The molecule has 5 heterocycles. The predicted octanol–water partition coefficient (Wildman–Crippen LogP) is 5.33. The molecule has 1 N–H and O–H groups in total. The number of H-pyrrole nitrogens is 1. The van der Waals surface area contributed by atoms with Gasteiger partial charge in [-0.2, -0.15) is 0 Å². The van der Waals surface area contributed by atoms with Gasteiger partial charge >= 0.3 is 0 Å². The largest absolute Gasteiger partial charge is 0.371 e. The van der Waals surface area contributed by atoms with E-state index in [1.807, 2.05) is 18.5 Å². The first-order valence-corrected chi connectivity index (χ1v) is 14.7. The molecule has 0 bridgehead atoms. The molecule has 1 aliphatic carbocycles. The fraction of sp³-hybridized carbons (Fsp3) is 0.517. The molecule has 2 saturated heterocycles. The van der Waals surface area contributed by atoms with E-state index in [0.717, 1.165) is 46.8 Å². The number of piperidine rings is 1. The van der Waals surface area contributed by atoms with E-state index >= 15 is 4.39 Å². The Morgan fingerprint density at radius 2 is 1.95 bits per heavy atom. The highest BCUT2D eigenvalue weighted by molar-refractivity contribution is 7.19. The van der Waals surface area contributed by atoms with Crippen LogP contribution in [0.3, 0.4) is 0 Å². The number of aromatic amines is 1. The van der Waals surface area contributed by atoms with Gasteiger partial charge < -0.3 is 14.6 Å². The van der Waals surface area contributed by atoms with Gasteiger partial charge in [-0.3, -0.25) is 9.80 Å². The molecule has 3 fully saturated rings. The standard InChI is InChI=1S/C29H35FN6OS/c1-34(19-3-2-4-19)20-8-11-35(12-9-20)29(26-15-24-27(38-26)16-31-18-33-24)36-13-14-37-25(17-36)28-21-7-10-32-23(21)6-5-22(28)30/h5-7,10,15-16,18-20,25,29,32H,2-4,8-9,11-14,17H2,1H3. The van der Waals surface area contributed by atoms with Crippen molar-refractivity contribution in [1.29, 1.82) is 0 Å². The molecule has 2 unspecified atom stereocenters. The van der Waals surface area contributed by atoms with Gasteiger partial charge in [0.2, 0.25) is 0 Å². The van der Waals surface area contributed by atoms with E-state index in [2.05, 4.69) is 42.8 Å². The van der Waals surface area contributed by atoms with E-state index < -0.39 is 0 Å². The van der Waals surface area contributed by atoms with E-state index in [1.165, 1.54) is 37.0 Å². The number of thiophene rings is 1. The number of benzene rings is 1. The zero-order valence-corrected chi connectivity index (χ0v) is 22.7. The Kier molecular flexibility index (Phi) is 6.65. The highest BCUT2D eigenvalue weighted by Crippen LogP contribution is 2.40. The van der Waals surface area contributed by atoms with Crippen LogP contribution in [-0.2, 0) is 4.74 Å². The van der Waals surface area contributed by atoms with Crippen molar-refractivity contribution < 1.29 is 9.13 Å². The fourth-order valence-corrected chi connectivity index (χ4v) is 7.83. The van der Waals surface area contributed by atoms with E-state index in [-0.39, 0.29) is 18.1 Å². The lowest BCUT2D eigenvalue weighted by Crippen LogP contribution is -2.53. The Bertz CT molecular complexity index is 1380. The van der Waals surface area contributed by atoms with Gasteiger partial charge in [-0.1, -0.05) is 6.42 Å². The van der Waals surface area contributed by atoms with Gasteiger partial charge in [0.05, 0.1) is 29.1 Å². The zero-order chi connectivity index (χ0) is 25.6. The minimum Gasteiger partial charge on any atom is -0.371 e. The summed E-state index contributed by atoms with van der Waals surface area (Å²) in [6, 6.07) is 8.99. The van der Waals surface area contributed by atoms with Gasteiger partial charge in [0, 0.05) is 72.0 Å². The van der Waals surface area contributed by atoms with Crippen LogP contribution in [0.1, 0.15) is 54.8 Å². The lowest BCUT2D eigenvalue weighted by Gasteiger charge is -2.48. The molecule has 1 aromatic carbocycles. The van der Waals surface area contributed by atoms with E-state index in [4.69, 9.17) is 4.74 Å². The molecule has 4 aromatic rings. The molecule has 1 saturated carbocycles. The predicted molar refractivity (Wildman–Crippen MR) is 149 cm³/mol. The van der Waals surface area contributed by atoms with Crippen molar-refractivity contribution in [3.05, 3.63) is 59.2 Å². The van der Waals surface area contributed by atoms with Crippen LogP contribution in [0.15, 0.2) is 43.0 Å². The Labute approximate surface area is 226 Å².